The van der Waals surface area contributed by atoms with Crippen LogP contribution in [-0.4, -0.2) is 58.0 Å². The van der Waals surface area contributed by atoms with Gasteiger partial charge in [-0.25, -0.2) is 0 Å². The van der Waals surface area contributed by atoms with Crippen molar-refractivity contribution in [1.29, 1.82) is 0 Å². The zero-order valence-electron chi connectivity index (χ0n) is 11.2. The third-order valence-corrected chi connectivity index (χ3v) is 3.25. The molecule has 0 aliphatic carbocycles. The van der Waals surface area contributed by atoms with E-state index < -0.39 is 12.2 Å². The highest BCUT2D eigenvalue weighted by Crippen LogP contribution is 2.18. The molecular formula is C15H17NO4. The van der Waals surface area contributed by atoms with E-state index in [1.807, 2.05) is 6.92 Å². The molecule has 106 valence electrons. The minimum absolute atomic E-state index is 0.112. The van der Waals surface area contributed by atoms with Crippen LogP contribution in [-0.2, 0) is 0 Å². The van der Waals surface area contributed by atoms with Crippen LogP contribution in [0.4, 0.5) is 0 Å². The summed E-state index contributed by atoms with van der Waals surface area (Å²) in [5.74, 6) is 5.01. The number of carbonyl (C=O) groups is 1. The van der Waals surface area contributed by atoms with Crippen molar-refractivity contribution in [3.05, 3.63) is 34.9 Å². The van der Waals surface area contributed by atoms with Crippen LogP contribution in [0.5, 0.6) is 0 Å². The number of carbonyl (C=O) groups excluding carboxylic acids is 1. The first-order valence-corrected chi connectivity index (χ1v) is 6.38. The Morgan fingerprint density at radius 1 is 1.35 bits per heavy atom. The van der Waals surface area contributed by atoms with Gasteiger partial charge in [0.05, 0.1) is 17.8 Å². The highest BCUT2D eigenvalue weighted by Gasteiger charge is 2.33. The summed E-state index contributed by atoms with van der Waals surface area (Å²) in [5.41, 5.74) is 1.92. The summed E-state index contributed by atoms with van der Waals surface area (Å²) in [5, 5.41) is 27.8. The van der Waals surface area contributed by atoms with Crippen molar-refractivity contribution >= 4 is 5.91 Å². The molecule has 0 bridgehead atoms. The minimum atomic E-state index is -0.906. The quantitative estimate of drug-likeness (QED) is 0.605. The van der Waals surface area contributed by atoms with Gasteiger partial charge in [0.25, 0.3) is 5.91 Å². The lowest BCUT2D eigenvalue weighted by molar-refractivity contribution is 0.0572. The second-order valence-electron chi connectivity index (χ2n) is 4.85. The van der Waals surface area contributed by atoms with Crippen LogP contribution < -0.4 is 0 Å². The molecule has 2 rings (SSSR count). The zero-order valence-corrected chi connectivity index (χ0v) is 11.2. The van der Waals surface area contributed by atoms with E-state index in [4.69, 9.17) is 5.11 Å². The predicted octanol–water partition coefficient (Wildman–Crippen LogP) is -0.484. The van der Waals surface area contributed by atoms with Gasteiger partial charge in [-0.3, -0.25) is 4.79 Å². The van der Waals surface area contributed by atoms with Gasteiger partial charge in [-0.2, -0.15) is 0 Å². The average molecular weight is 275 g/mol. The van der Waals surface area contributed by atoms with E-state index in [9.17, 15) is 15.0 Å². The summed E-state index contributed by atoms with van der Waals surface area (Å²) < 4.78 is 0. The fourth-order valence-electron chi connectivity index (χ4n) is 2.19. The van der Waals surface area contributed by atoms with Crippen molar-refractivity contribution in [3.63, 3.8) is 0 Å². The molecule has 1 aromatic rings. The largest absolute Gasteiger partial charge is 0.388 e. The lowest BCUT2D eigenvalue weighted by atomic mass is 10.0. The van der Waals surface area contributed by atoms with E-state index in [2.05, 4.69) is 11.8 Å². The molecule has 1 heterocycles. The van der Waals surface area contributed by atoms with Crippen molar-refractivity contribution in [3.8, 4) is 11.8 Å². The smallest absolute Gasteiger partial charge is 0.255 e. The second kappa shape index (κ2) is 6.06. The van der Waals surface area contributed by atoms with Gasteiger partial charge in [-0.1, -0.05) is 17.9 Å². The molecule has 1 fully saturated rings. The van der Waals surface area contributed by atoms with E-state index in [1.165, 1.54) is 4.90 Å². The number of aliphatic hydroxyl groups is 3. The number of rotatable bonds is 1. The summed E-state index contributed by atoms with van der Waals surface area (Å²) in [6.45, 7) is 1.84. The molecule has 1 aromatic carbocycles. The molecule has 0 aromatic heterocycles. The van der Waals surface area contributed by atoms with Gasteiger partial charge in [0, 0.05) is 18.7 Å². The molecule has 0 spiro atoms. The van der Waals surface area contributed by atoms with E-state index in [-0.39, 0.29) is 25.6 Å². The Labute approximate surface area is 117 Å². The van der Waals surface area contributed by atoms with Crippen molar-refractivity contribution in [1.82, 2.24) is 4.90 Å². The molecule has 1 aliphatic rings. The number of aliphatic hydroxyl groups excluding tert-OH is 3. The lowest BCUT2D eigenvalue weighted by Crippen LogP contribution is -2.30. The fraction of sp³-hybridized carbons (Fsp3) is 0.400. The predicted molar refractivity (Wildman–Crippen MR) is 73.1 cm³/mol. The maximum Gasteiger partial charge on any atom is 0.255 e. The Bertz CT molecular complexity index is 563. The Hall–Kier alpha value is -1.87. The second-order valence-corrected chi connectivity index (χ2v) is 4.85. The van der Waals surface area contributed by atoms with E-state index >= 15 is 0 Å². The molecule has 2 unspecified atom stereocenters. The molecule has 3 N–H and O–H groups in total. The average Bonchev–Trinajstić information content (AvgIpc) is 2.76. The number of aryl methyl sites for hydroxylation is 1. The van der Waals surface area contributed by atoms with E-state index in [0.717, 1.165) is 5.56 Å². The lowest BCUT2D eigenvalue weighted by Gasteiger charge is -2.16. The number of nitrogens with zero attached hydrogens (tertiary/aromatic N) is 1. The minimum Gasteiger partial charge on any atom is -0.388 e. The number of hydrogen-bond acceptors (Lipinski definition) is 4. The summed E-state index contributed by atoms with van der Waals surface area (Å²) in [4.78, 5) is 13.8. The highest BCUT2D eigenvalue weighted by molar-refractivity contribution is 5.97. The highest BCUT2D eigenvalue weighted by atomic mass is 16.3. The van der Waals surface area contributed by atoms with Crippen LogP contribution in [0.1, 0.15) is 21.5 Å². The first kappa shape index (κ1) is 14.5. The Morgan fingerprint density at radius 3 is 2.60 bits per heavy atom. The standard InChI is InChI=1S/C15H17NO4/c1-10-4-5-12(11(7-10)3-2-6-17)15(20)16-8-13(18)14(19)9-16/h4-5,7,13-14,17-19H,6,8-9H2,1H3. The summed E-state index contributed by atoms with van der Waals surface area (Å²) in [7, 11) is 0. The first-order chi connectivity index (χ1) is 9.52. The molecule has 0 radical (unpaired) electrons. The topological polar surface area (TPSA) is 81.0 Å². The fourth-order valence-corrected chi connectivity index (χ4v) is 2.19. The van der Waals surface area contributed by atoms with Crippen molar-refractivity contribution < 1.29 is 20.1 Å². The van der Waals surface area contributed by atoms with Gasteiger partial charge in [-0.05, 0) is 24.6 Å². The molecule has 5 nitrogen and oxygen atoms in total. The number of β-amino-alcohol motifs (C(OH)–C–C–N with tert-alkyl or cyclic N) is 2. The summed E-state index contributed by atoms with van der Waals surface area (Å²) in [6.07, 6.45) is -1.81. The molecule has 5 heteroatoms. The van der Waals surface area contributed by atoms with Crippen LogP contribution in [0.3, 0.4) is 0 Å². The van der Waals surface area contributed by atoms with Crippen LogP contribution >= 0.6 is 0 Å². The number of likely N-dealkylation sites (tertiary alicyclic amines) is 1. The Balaban J connectivity index is 2.30. The van der Waals surface area contributed by atoms with Crippen molar-refractivity contribution in [2.45, 2.75) is 19.1 Å². The number of hydrogen-bond donors (Lipinski definition) is 3. The third kappa shape index (κ3) is 2.99. The van der Waals surface area contributed by atoms with E-state index in [1.54, 1.807) is 18.2 Å². The Morgan fingerprint density at radius 2 is 2.00 bits per heavy atom. The Kier molecular flexibility index (Phi) is 4.40. The molecule has 1 saturated heterocycles. The van der Waals surface area contributed by atoms with Gasteiger partial charge in [-0.15, -0.1) is 0 Å². The summed E-state index contributed by atoms with van der Waals surface area (Å²) in [6, 6.07) is 5.26. The molecule has 0 saturated carbocycles. The van der Waals surface area contributed by atoms with Gasteiger partial charge >= 0.3 is 0 Å². The number of amides is 1. The van der Waals surface area contributed by atoms with Gasteiger partial charge in [0.15, 0.2) is 0 Å². The first-order valence-electron chi connectivity index (χ1n) is 6.38. The molecule has 1 amide bonds. The molecule has 20 heavy (non-hydrogen) atoms. The van der Waals surface area contributed by atoms with E-state index in [0.29, 0.717) is 11.1 Å². The van der Waals surface area contributed by atoms with Crippen molar-refractivity contribution in [2.24, 2.45) is 0 Å². The number of benzene rings is 1. The maximum atomic E-state index is 12.4. The van der Waals surface area contributed by atoms with Crippen molar-refractivity contribution in [2.75, 3.05) is 19.7 Å². The SMILES string of the molecule is Cc1ccc(C(=O)N2CC(O)C(O)C2)c(C#CCO)c1. The van der Waals surface area contributed by atoms with Gasteiger partial charge < -0.3 is 20.2 Å². The zero-order chi connectivity index (χ0) is 14.7. The van der Waals surface area contributed by atoms with Gasteiger partial charge in [0.1, 0.15) is 6.61 Å². The molecule has 2 atom stereocenters. The van der Waals surface area contributed by atoms with Crippen LogP contribution in [0.15, 0.2) is 18.2 Å². The van der Waals surface area contributed by atoms with Crippen LogP contribution in [0, 0.1) is 18.8 Å². The monoisotopic (exact) mass is 275 g/mol. The summed E-state index contributed by atoms with van der Waals surface area (Å²) >= 11 is 0. The normalized spacial score (nSPS) is 21.5. The third-order valence-electron chi connectivity index (χ3n) is 3.25. The molecule has 1 aliphatic heterocycles. The maximum absolute atomic E-state index is 12.4. The van der Waals surface area contributed by atoms with Crippen LogP contribution in [0.25, 0.3) is 0 Å². The molecular weight excluding hydrogens is 258 g/mol. The van der Waals surface area contributed by atoms with Crippen LogP contribution in [0.2, 0.25) is 0 Å². The van der Waals surface area contributed by atoms with Gasteiger partial charge in [0.2, 0.25) is 0 Å².